The van der Waals surface area contributed by atoms with E-state index in [0.29, 0.717) is 6.42 Å². The van der Waals surface area contributed by atoms with Gasteiger partial charge in [-0.1, -0.05) is 13.0 Å². The first kappa shape index (κ1) is 15.0. The molecule has 1 amide bonds. The molecule has 18 heavy (non-hydrogen) atoms. The van der Waals surface area contributed by atoms with Gasteiger partial charge in [0.05, 0.1) is 12.5 Å². The smallest absolute Gasteiger partial charge is 0.305 e. The molecule has 4 nitrogen and oxygen atoms in total. The third-order valence-corrected chi connectivity index (χ3v) is 4.17. The van der Waals surface area contributed by atoms with Gasteiger partial charge in [-0.25, -0.2) is 0 Å². The van der Waals surface area contributed by atoms with Crippen molar-refractivity contribution in [1.29, 1.82) is 0 Å². The van der Waals surface area contributed by atoms with Crippen LogP contribution >= 0.6 is 23.1 Å². The van der Waals surface area contributed by atoms with E-state index in [1.807, 2.05) is 24.4 Å². The highest BCUT2D eigenvalue weighted by Crippen LogP contribution is 2.22. The first-order valence-electron chi connectivity index (χ1n) is 5.75. The Morgan fingerprint density at radius 3 is 2.89 bits per heavy atom. The number of carbonyl (C=O) groups is 2. The van der Waals surface area contributed by atoms with Gasteiger partial charge >= 0.3 is 5.97 Å². The predicted molar refractivity (Wildman–Crippen MR) is 75.1 cm³/mol. The van der Waals surface area contributed by atoms with Gasteiger partial charge < -0.3 is 10.4 Å². The maximum atomic E-state index is 11.7. The predicted octanol–water partition coefficient (Wildman–Crippen LogP) is 2.52. The fourth-order valence-electron chi connectivity index (χ4n) is 1.46. The summed E-state index contributed by atoms with van der Waals surface area (Å²) in [6.45, 7) is 2.04. The monoisotopic (exact) mass is 287 g/mol. The lowest BCUT2D eigenvalue weighted by Crippen LogP contribution is -2.29. The van der Waals surface area contributed by atoms with Crippen LogP contribution in [0.3, 0.4) is 0 Å². The zero-order valence-corrected chi connectivity index (χ0v) is 11.9. The summed E-state index contributed by atoms with van der Waals surface area (Å²) in [6, 6.07) is 3.29. The molecular formula is C12H17NO3S2. The summed E-state index contributed by atoms with van der Waals surface area (Å²) in [4.78, 5) is 23.4. The molecular weight excluding hydrogens is 270 g/mol. The number of amides is 1. The lowest BCUT2D eigenvalue weighted by Gasteiger charge is -2.15. The van der Waals surface area contributed by atoms with Crippen molar-refractivity contribution in [2.75, 3.05) is 11.5 Å². The molecule has 0 aliphatic carbocycles. The van der Waals surface area contributed by atoms with Gasteiger partial charge in [0.2, 0.25) is 5.91 Å². The van der Waals surface area contributed by atoms with Crippen LogP contribution in [0.1, 0.15) is 30.7 Å². The average Bonchev–Trinajstić information content (AvgIpc) is 2.81. The Labute approximate surface area is 115 Å². The Bertz CT molecular complexity index is 379. The number of hydrogen-bond acceptors (Lipinski definition) is 4. The van der Waals surface area contributed by atoms with E-state index in [-0.39, 0.29) is 12.3 Å². The van der Waals surface area contributed by atoms with Crippen molar-refractivity contribution in [3.05, 3.63) is 22.4 Å². The second-order valence-corrected chi connectivity index (χ2v) is 6.05. The highest BCUT2D eigenvalue weighted by atomic mass is 32.2. The third-order valence-electron chi connectivity index (χ3n) is 2.28. The number of nitrogens with one attached hydrogen (secondary N) is 1. The molecule has 0 saturated carbocycles. The van der Waals surface area contributed by atoms with Gasteiger partial charge in [-0.2, -0.15) is 11.8 Å². The Morgan fingerprint density at radius 1 is 1.56 bits per heavy atom. The van der Waals surface area contributed by atoms with Crippen LogP contribution in [-0.4, -0.2) is 28.5 Å². The summed E-state index contributed by atoms with van der Waals surface area (Å²) in [7, 11) is 0. The number of carboxylic acids is 1. The van der Waals surface area contributed by atoms with Crippen molar-refractivity contribution in [2.45, 2.75) is 25.8 Å². The molecule has 0 aliphatic heterocycles. The van der Waals surface area contributed by atoms with Crippen LogP contribution in [0.15, 0.2) is 17.5 Å². The number of aliphatic carboxylic acids is 1. The van der Waals surface area contributed by atoms with Gasteiger partial charge in [0.1, 0.15) is 0 Å². The largest absolute Gasteiger partial charge is 0.481 e. The quantitative estimate of drug-likeness (QED) is 0.721. The summed E-state index contributed by atoms with van der Waals surface area (Å²) in [5.41, 5.74) is 0. The van der Waals surface area contributed by atoms with E-state index >= 15 is 0 Å². The molecule has 1 rings (SSSR count). The van der Waals surface area contributed by atoms with E-state index in [2.05, 4.69) is 5.32 Å². The fraction of sp³-hybridized carbons (Fsp3) is 0.500. The molecule has 1 heterocycles. The van der Waals surface area contributed by atoms with Crippen LogP contribution < -0.4 is 5.32 Å². The number of thioether (sulfide) groups is 1. The zero-order chi connectivity index (χ0) is 13.4. The van der Waals surface area contributed by atoms with Crippen molar-refractivity contribution in [3.63, 3.8) is 0 Å². The Kier molecular flexibility index (Phi) is 6.82. The van der Waals surface area contributed by atoms with Crippen LogP contribution in [0.2, 0.25) is 0 Å². The summed E-state index contributed by atoms with van der Waals surface area (Å²) in [5.74, 6) is 0.760. The number of rotatable bonds is 8. The summed E-state index contributed by atoms with van der Waals surface area (Å²) in [5, 5.41) is 13.5. The molecule has 100 valence electrons. The molecule has 0 aromatic carbocycles. The minimum absolute atomic E-state index is 0.0762. The molecule has 6 heteroatoms. The fourth-order valence-corrected chi connectivity index (χ4v) is 2.86. The molecule has 0 fully saturated rings. The van der Waals surface area contributed by atoms with Crippen molar-refractivity contribution in [2.24, 2.45) is 0 Å². The van der Waals surface area contributed by atoms with Crippen LogP contribution in [0.25, 0.3) is 0 Å². The molecule has 1 atom stereocenters. The van der Waals surface area contributed by atoms with E-state index in [4.69, 9.17) is 5.11 Å². The summed E-state index contributed by atoms with van der Waals surface area (Å²) < 4.78 is 0. The van der Waals surface area contributed by atoms with Gasteiger partial charge in [0.15, 0.2) is 0 Å². The van der Waals surface area contributed by atoms with Gasteiger partial charge in [-0.3, -0.25) is 9.59 Å². The molecule has 1 aromatic heterocycles. The van der Waals surface area contributed by atoms with Crippen molar-refractivity contribution < 1.29 is 14.7 Å². The molecule has 1 aromatic rings. The Morgan fingerprint density at radius 2 is 2.33 bits per heavy atom. The van der Waals surface area contributed by atoms with E-state index in [0.717, 1.165) is 16.4 Å². The maximum Gasteiger partial charge on any atom is 0.305 e. The van der Waals surface area contributed by atoms with Crippen molar-refractivity contribution in [3.8, 4) is 0 Å². The van der Waals surface area contributed by atoms with E-state index in [1.54, 1.807) is 11.8 Å². The second kappa shape index (κ2) is 8.16. The highest BCUT2D eigenvalue weighted by molar-refractivity contribution is 7.99. The summed E-state index contributed by atoms with van der Waals surface area (Å²) >= 11 is 3.16. The standard InChI is InChI=1S/C12H17NO3S2/c1-2-17-7-5-11(14)13-9(8-12(15)16)10-4-3-6-18-10/h3-4,6,9H,2,5,7-8H2,1H3,(H,13,14)(H,15,16)/t9-/m1/s1. The van der Waals surface area contributed by atoms with Crippen LogP contribution in [0, 0.1) is 0 Å². The van der Waals surface area contributed by atoms with E-state index < -0.39 is 12.0 Å². The average molecular weight is 287 g/mol. The Hall–Kier alpha value is -1.01. The molecule has 0 bridgehead atoms. The van der Waals surface area contributed by atoms with Crippen LogP contribution in [0.5, 0.6) is 0 Å². The van der Waals surface area contributed by atoms with Gasteiger partial charge in [0, 0.05) is 17.1 Å². The normalized spacial score (nSPS) is 12.1. The molecule has 0 saturated heterocycles. The topological polar surface area (TPSA) is 66.4 Å². The molecule has 0 aliphatic rings. The highest BCUT2D eigenvalue weighted by Gasteiger charge is 2.18. The minimum atomic E-state index is -0.906. The number of carbonyl (C=O) groups excluding carboxylic acids is 1. The number of hydrogen-bond donors (Lipinski definition) is 2. The lowest BCUT2D eigenvalue weighted by atomic mass is 10.1. The molecule has 0 radical (unpaired) electrons. The van der Waals surface area contributed by atoms with E-state index in [9.17, 15) is 9.59 Å². The maximum absolute atomic E-state index is 11.7. The second-order valence-electron chi connectivity index (χ2n) is 3.68. The Balaban J connectivity index is 2.51. The van der Waals surface area contributed by atoms with E-state index in [1.165, 1.54) is 11.3 Å². The SMILES string of the molecule is CCSCCC(=O)N[C@H](CC(=O)O)c1cccs1. The molecule has 0 unspecified atom stereocenters. The number of thiophene rings is 1. The first-order chi connectivity index (χ1) is 8.63. The lowest BCUT2D eigenvalue weighted by molar-refractivity contribution is -0.137. The van der Waals surface area contributed by atoms with Crippen LogP contribution in [-0.2, 0) is 9.59 Å². The number of carboxylic acid groups (broad SMARTS) is 1. The van der Waals surface area contributed by atoms with Crippen molar-refractivity contribution in [1.82, 2.24) is 5.32 Å². The molecule has 0 spiro atoms. The molecule has 2 N–H and O–H groups in total. The third kappa shape index (κ3) is 5.55. The van der Waals surface area contributed by atoms with Crippen molar-refractivity contribution >= 4 is 35.0 Å². The van der Waals surface area contributed by atoms with Gasteiger partial charge in [-0.05, 0) is 17.2 Å². The minimum Gasteiger partial charge on any atom is -0.481 e. The summed E-state index contributed by atoms with van der Waals surface area (Å²) in [6.07, 6.45) is 0.354. The van der Waals surface area contributed by atoms with Gasteiger partial charge in [-0.15, -0.1) is 11.3 Å². The van der Waals surface area contributed by atoms with Gasteiger partial charge in [0.25, 0.3) is 0 Å². The van der Waals surface area contributed by atoms with Crippen LogP contribution in [0.4, 0.5) is 0 Å². The first-order valence-corrected chi connectivity index (χ1v) is 7.79. The zero-order valence-electron chi connectivity index (χ0n) is 10.2.